The van der Waals surface area contributed by atoms with Crippen molar-refractivity contribution in [1.29, 1.82) is 0 Å². The second-order valence-electron chi connectivity index (χ2n) is 4.82. The molecule has 1 aliphatic carbocycles. The molecule has 0 radical (unpaired) electrons. The Morgan fingerprint density at radius 3 is 2.53 bits per heavy atom. The molecule has 0 heterocycles. The van der Waals surface area contributed by atoms with Crippen LogP contribution in [-0.4, -0.2) is 29.9 Å². The van der Waals surface area contributed by atoms with Crippen molar-refractivity contribution < 1.29 is 4.79 Å². The first-order valence-electron chi connectivity index (χ1n) is 6.30. The number of amides is 1. The van der Waals surface area contributed by atoms with Crippen molar-refractivity contribution in [3.05, 3.63) is 12.7 Å². The zero-order valence-electron chi connectivity index (χ0n) is 10.7. The number of nitrogens with zero attached hydrogens (tertiary/aromatic N) is 1. The summed E-state index contributed by atoms with van der Waals surface area (Å²) < 4.78 is 0. The number of halogens is 1. The molecule has 1 amide bonds. The van der Waals surface area contributed by atoms with E-state index in [9.17, 15) is 4.79 Å². The SMILES string of the molecule is C=CCN(CC1CCCCC1)C(=O)[C@@H](C)N.Cl. The third kappa shape index (κ3) is 5.55. The molecule has 1 fully saturated rings. The van der Waals surface area contributed by atoms with E-state index in [0.717, 1.165) is 6.54 Å². The highest BCUT2D eigenvalue weighted by atomic mass is 35.5. The lowest BCUT2D eigenvalue weighted by Gasteiger charge is -2.30. The van der Waals surface area contributed by atoms with Crippen molar-refractivity contribution in [1.82, 2.24) is 4.90 Å². The number of hydrogen-bond acceptors (Lipinski definition) is 2. The van der Waals surface area contributed by atoms with Gasteiger partial charge in [-0.05, 0) is 25.7 Å². The third-order valence-electron chi connectivity index (χ3n) is 3.25. The summed E-state index contributed by atoms with van der Waals surface area (Å²) in [7, 11) is 0. The van der Waals surface area contributed by atoms with Crippen LogP contribution in [-0.2, 0) is 4.79 Å². The Balaban J connectivity index is 0.00000256. The molecule has 0 saturated heterocycles. The number of hydrogen-bond donors (Lipinski definition) is 1. The van der Waals surface area contributed by atoms with E-state index in [-0.39, 0.29) is 18.3 Å². The van der Waals surface area contributed by atoms with Gasteiger partial charge in [0.25, 0.3) is 0 Å². The van der Waals surface area contributed by atoms with Crippen LogP contribution in [0.2, 0.25) is 0 Å². The Bertz CT molecular complexity index is 238. The largest absolute Gasteiger partial charge is 0.337 e. The lowest BCUT2D eigenvalue weighted by Crippen LogP contribution is -2.44. The van der Waals surface area contributed by atoms with Gasteiger partial charge in [0.05, 0.1) is 6.04 Å². The zero-order chi connectivity index (χ0) is 12.0. The molecule has 2 N–H and O–H groups in total. The van der Waals surface area contributed by atoms with Crippen LogP contribution in [0.25, 0.3) is 0 Å². The van der Waals surface area contributed by atoms with Crippen LogP contribution in [0.5, 0.6) is 0 Å². The lowest BCUT2D eigenvalue weighted by molar-refractivity contribution is -0.132. The maximum Gasteiger partial charge on any atom is 0.239 e. The van der Waals surface area contributed by atoms with Gasteiger partial charge in [-0.15, -0.1) is 19.0 Å². The molecular weight excluding hydrogens is 236 g/mol. The van der Waals surface area contributed by atoms with Crippen molar-refractivity contribution in [2.75, 3.05) is 13.1 Å². The molecule has 0 aromatic rings. The van der Waals surface area contributed by atoms with Crippen LogP contribution in [0, 0.1) is 5.92 Å². The van der Waals surface area contributed by atoms with E-state index in [2.05, 4.69) is 6.58 Å². The summed E-state index contributed by atoms with van der Waals surface area (Å²) in [5.41, 5.74) is 5.65. The fourth-order valence-corrected chi connectivity index (χ4v) is 2.38. The van der Waals surface area contributed by atoms with Gasteiger partial charge in [0.1, 0.15) is 0 Å². The van der Waals surface area contributed by atoms with Gasteiger partial charge < -0.3 is 10.6 Å². The second-order valence-corrected chi connectivity index (χ2v) is 4.82. The first-order valence-corrected chi connectivity index (χ1v) is 6.30. The highest BCUT2D eigenvalue weighted by Gasteiger charge is 2.21. The molecule has 0 spiro atoms. The van der Waals surface area contributed by atoms with Gasteiger partial charge in [-0.25, -0.2) is 0 Å². The molecule has 3 nitrogen and oxygen atoms in total. The fraction of sp³-hybridized carbons (Fsp3) is 0.769. The van der Waals surface area contributed by atoms with Crippen LogP contribution < -0.4 is 5.73 Å². The standard InChI is InChI=1S/C13H24N2O.ClH/c1-3-9-15(13(16)11(2)14)10-12-7-5-4-6-8-12;/h3,11-12H,1,4-10,14H2,2H3;1H/t11-;/m1./s1. The van der Waals surface area contributed by atoms with Crippen LogP contribution in [0.15, 0.2) is 12.7 Å². The van der Waals surface area contributed by atoms with E-state index in [1.54, 1.807) is 13.0 Å². The maximum absolute atomic E-state index is 11.9. The van der Waals surface area contributed by atoms with E-state index in [0.29, 0.717) is 12.5 Å². The molecule has 0 aliphatic heterocycles. The second kappa shape index (κ2) is 8.54. The molecule has 0 bridgehead atoms. The van der Waals surface area contributed by atoms with Gasteiger partial charge >= 0.3 is 0 Å². The molecule has 4 heteroatoms. The minimum Gasteiger partial charge on any atom is -0.337 e. The summed E-state index contributed by atoms with van der Waals surface area (Å²) in [5.74, 6) is 0.710. The monoisotopic (exact) mass is 260 g/mol. The van der Waals surface area contributed by atoms with Crippen LogP contribution in [0.3, 0.4) is 0 Å². The van der Waals surface area contributed by atoms with Crippen molar-refractivity contribution in [3.8, 4) is 0 Å². The van der Waals surface area contributed by atoms with Crippen molar-refractivity contribution >= 4 is 18.3 Å². The van der Waals surface area contributed by atoms with Crippen molar-refractivity contribution in [2.45, 2.75) is 45.1 Å². The summed E-state index contributed by atoms with van der Waals surface area (Å²) in [6.07, 6.45) is 8.24. The predicted molar refractivity (Wildman–Crippen MR) is 74.2 cm³/mol. The molecule has 0 unspecified atom stereocenters. The molecular formula is C13H25ClN2O. The van der Waals surface area contributed by atoms with E-state index in [1.807, 2.05) is 4.90 Å². The molecule has 1 saturated carbocycles. The summed E-state index contributed by atoms with van der Waals surface area (Å²) in [5, 5.41) is 0. The molecule has 1 rings (SSSR count). The Morgan fingerprint density at radius 2 is 2.06 bits per heavy atom. The van der Waals surface area contributed by atoms with Gasteiger partial charge in [-0.1, -0.05) is 25.3 Å². The minimum atomic E-state index is -0.399. The smallest absolute Gasteiger partial charge is 0.239 e. The van der Waals surface area contributed by atoms with E-state index >= 15 is 0 Å². The van der Waals surface area contributed by atoms with Crippen LogP contribution in [0.1, 0.15) is 39.0 Å². The summed E-state index contributed by atoms with van der Waals surface area (Å²) in [6, 6.07) is -0.399. The molecule has 17 heavy (non-hydrogen) atoms. The summed E-state index contributed by atoms with van der Waals surface area (Å²) in [6.45, 7) is 6.93. The Morgan fingerprint density at radius 1 is 1.47 bits per heavy atom. The van der Waals surface area contributed by atoms with Crippen molar-refractivity contribution in [3.63, 3.8) is 0 Å². The lowest BCUT2D eigenvalue weighted by atomic mass is 9.89. The normalized spacial score (nSPS) is 18.0. The Hall–Kier alpha value is -0.540. The molecule has 1 atom stereocenters. The first-order chi connectivity index (χ1) is 7.65. The summed E-state index contributed by atoms with van der Waals surface area (Å²) in [4.78, 5) is 13.7. The number of rotatable bonds is 5. The fourth-order valence-electron chi connectivity index (χ4n) is 2.38. The van der Waals surface area contributed by atoms with E-state index < -0.39 is 6.04 Å². The number of carbonyl (C=O) groups excluding carboxylic acids is 1. The van der Waals surface area contributed by atoms with E-state index in [1.165, 1.54) is 32.1 Å². The Kier molecular flexibility index (Phi) is 8.26. The maximum atomic E-state index is 11.9. The highest BCUT2D eigenvalue weighted by Crippen LogP contribution is 2.24. The van der Waals surface area contributed by atoms with Gasteiger partial charge in [0.2, 0.25) is 5.91 Å². The third-order valence-corrected chi connectivity index (χ3v) is 3.25. The topological polar surface area (TPSA) is 46.3 Å². The zero-order valence-corrected chi connectivity index (χ0v) is 11.5. The summed E-state index contributed by atoms with van der Waals surface area (Å²) >= 11 is 0. The number of carbonyl (C=O) groups is 1. The van der Waals surface area contributed by atoms with Gasteiger partial charge in [0.15, 0.2) is 0 Å². The van der Waals surface area contributed by atoms with Crippen LogP contribution in [0.4, 0.5) is 0 Å². The Labute approximate surface area is 111 Å². The number of nitrogens with two attached hydrogens (primary N) is 1. The predicted octanol–water partition coefficient (Wildman–Crippen LogP) is 2.35. The minimum absolute atomic E-state index is 0. The molecule has 0 aromatic heterocycles. The highest BCUT2D eigenvalue weighted by molar-refractivity contribution is 5.85. The average molecular weight is 261 g/mol. The molecule has 1 aliphatic rings. The van der Waals surface area contributed by atoms with Crippen LogP contribution >= 0.6 is 12.4 Å². The average Bonchev–Trinajstić information content (AvgIpc) is 2.29. The molecule has 0 aromatic carbocycles. The first kappa shape index (κ1) is 16.5. The van der Waals surface area contributed by atoms with Crippen molar-refractivity contribution in [2.24, 2.45) is 11.7 Å². The quantitative estimate of drug-likeness (QED) is 0.772. The van der Waals surface area contributed by atoms with E-state index in [4.69, 9.17) is 5.73 Å². The van der Waals surface area contributed by atoms with Gasteiger partial charge in [0, 0.05) is 13.1 Å². The van der Waals surface area contributed by atoms with Gasteiger partial charge in [-0.2, -0.15) is 0 Å². The molecule has 100 valence electrons. The van der Waals surface area contributed by atoms with Gasteiger partial charge in [-0.3, -0.25) is 4.79 Å².